The number of ether oxygens (including phenoxy) is 1. The van der Waals surface area contributed by atoms with Gasteiger partial charge in [-0.2, -0.15) is 5.26 Å². The van der Waals surface area contributed by atoms with E-state index in [9.17, 15) is 10.1 Å². The normalized spacial score (nSPS) is 15.0. The third kappa shape index (κ3) is 5.77. The summed E-state index contributed by atoms with van der Waals surface area (Å²) < 4.78 is 5.58. The van der Waals surface area contributed by atoms with Gasteiger partial charge < -0.3 is 15.0 Å². The summed E-state index contributed by atoms with van der Waals surface area (Å²) in [7, 11) is 3.99. The van der Waals surface area contributed by atoms with Crippen LogP contribution in [0.3, 0.4) is 0 Å². The number of nitrogens with zero attached hydrogens (tertiary/aromatic N) is 3. The van der Waals surface area contributed by atoms with Crippen LogP contribution in [0.4, 0.5) is 5.69 Å². The number of nitriles is 1. The summed E-state index contributed by atoms with van der Waals surface area (Å²) >= 11 is 1.29. The molecule has 1 aliphatic rings. The van der Waals surface area contributed by atoms with Gasteiger partial charge in [-0.25, -0.2) is 4.98 Å². The molecule has 1 saturated heterocycles. The van der Waals surface area contributed by atoms with E-state index < -0.39 is 0 Å². The molecule has 2 heterocycles. The van der Waals surface area contributed by atoms with E-state index in [4.69, 9.17) is 9.72 Å². The predicted octanol–water partition coefficient (Wildman–Crippen LogP) is 4.74. The lowest BCUT2D eigenvalue weighted by atomic mass is 9.99. The number of carbonyl (C=O) groups is 1. The third-order valence-corrected chi connectivity index (χ3v) is 6.73. The van der Waals surface area contributed by atoms with Crippen molar-refractivity contribution in [2.45, 2.75) is 24.0 Å². The average Bonchev–Trinajstić information content (AvgIpc) is 3.40. The number of anilines is 1. The fourth-order valence-electron chi connectivity index (χ4n) is 3.88. The number of pyridine rings is 1. The average molecular weight is 473 g/mol. The molecule has 0 saturated carbocycles. The fraction of sp³-hybridized carbons (Fsp3) is 0.296. The Hall–Kier alpha value is -3.34. The minimum Gasteiger partial charge on any atom is -0.378 e. The van der Waals surface area contributed by atoms with E-state index in [1.165, 1.54) is 11.8 Å². The third-order valence-electron chi connectivity index (χ3n) is 5.75. The summed E-state index contributed by atoms with van der Waals surface area (Å²) in [5.74, 6) is 0.0965. The Morgan fingerprint density at radius 3 is 2.59 bits per heavy atom. The Balaban J connectivity index is 1.63. The summed E-state index contributed by atoms with van der Waals surface area (Å²) in [4.78, 5) is 19.3. The van der Waals surface area contributed by atoms with Crippen LogP contribution in [0.25, 0.3) is 22.4 Å². The van der Waals surface area contributed by atoms with Gasteiger partial charge in [-0.05, 0) is 36.6 Å². The van der Waals surface area contributed by atoms with Crippen LogP contribution in [-0.4, -0.2) is 50.0 Å². The SMILES string of the molecule is CN(C)c1ccc(-c2cc(-c3ccccc3)nc(SCC(=O)NC[C@@H]3CCCO3)c2C#N)cc1. The van der Waals surface area contributed by atoms with Gasteiger partial charge in [0.1, 0.15) is 11.1 Å². The maximum absolute atomic E-state index is 12.5. The van der Waals surface area contributed by atoms with Crippen molar-refractivity contribution >= 4 is 23.4 Å². The molecule has 0 aliphatic carbocycles. The van der Waals surface area contributed by atoms with Gasteiger partial charge in [-0.15, -0.1) is 0 Å². The zero-order valence-corrected chi connectivity index (χ0v) is 20.3. The monoisotopic (exact) mass is 472 g/mol. The van der Waals surface area contributed by atoms with Crippen LogP contribution in [0, 0.1) is 11.3 Å². The molecule has 1 atom stereocenters. The van der Waals surface area contributed by atoms with Crippen molar-refractivity contribution in [1.29, 1.82) is 5.26 Å². The van der Waals surface area contributed by atoms with Crippen molar-refractivity contribution in [3.8, 4) is 28.5 Å². The second kappa shape index (κ2) is 11.2. The molecular formula is C27H28N4O2S. The molecule has 174 valence electrons. The van der Waals surface area contributed by atoms with Gasteiger partial charge in [0.15, 0.2) is 0 Å². The van der Waals surface area contributed by atoms with Crippen LogP contribution in [0.5, 0.6) is 0 Å². The maximum Gasteiger partial charge on any atom is 0.230 e. The highest BCUT2D eigenvalue weighted by molar-refractivity contribution is 8.00. The Bertz CT molecular complexity index is 1170. The first-order chi connectivity index (χ1) is 16.5. The van der Waals surface area contributed by atoms with Gasteiger partial charge in [0.05, 0.1) is 23.1 Å². The molecule has 6 nitrogen and oxygen atoms in total. The van der Waals surface area contributed by atoms with Gasteiger partial charge in [0.25, 0.3) is 0 Å². The molecule has 1 aromatic heterocycles. The van der Waals surface area contributed by atoms with Crippen molar-refractivity contribution in [1.82, 2.24) is 10.3 Å². The van der Waals surface area contributed by atoms with E-state index >= 15 is 0 Å². The molecule has 3 aromatic rings. The van der Waals surface area contributed by atoms with Crippen molar-refractivity contribution in [3.63, 3.8) is 0 Å². The van der Waals surface area contributed by atoms with E-state index in [2.05, 4.69) is 11.4 Å². The van der Waals surface area contributed by atoms with E-state index in [0.717, 1.165) is 47.5 Å². The standard InChI is InChI=1S/C27H28N4O2S/c1-31(2)21-12-10-19(11-13-21)23-15-25(20-7-4-3-5-8-20)30-27(24(23)16-28)34-18-26(32)29-17-22-9-6-14-33-22/h3-5,7-8,10-13,15,22H,6,9,14,17-18H2,1-2H3,(H,29,32)/t22-/m0/s1. The molecular weight excluding hydrogens is 444 g/mol. The van der Waals surface area contributed by atoms with E-state index in [1.54, 1.807) is 0 Å². The number of benzene rings is 2. The zero-order chi connectivity index (χ0) is 23.9. The number of aromatic nitrogens is 1. The van der Waals surface area contributed by atoms with Crippen LogP contribution < -0.4 is 10.2 Å². The minimum absolute atomic E-state index is 0.0896. The highest BCUT2D eigenvalue weighted by Gasteiger charge is 2.19. The van der Waals surface area contributed by atoms with Crippen LogP contribution in [0.1, 0.15) is 18.4 Å². The summed E-state index contributed by atoms with van der Waals surface area (Å²) in [5, 5.41) is 13.5. The molecule has 0 unspecified atom stereocenters. The van der Waals surface area contributed by atoms with Gasteiger partial charge >= 0.3 is 0 Å². The lowest BCUT2D eigenvalue weighted by molar-refractivity contribution is -0.119. The van der Waals surface area contributed by atoms with Crippen LogP contribution in [0.2, 0.25) is 0 Å². The Morgan fingerprint density at radius 1 is 1.18 bits per heavy atom. The molecule has 0 radical (unpaired) electrons. The van der Waals surface area contributed by atoms with E-state index in [0.29, 0.717) is 17.1 Å². The number of hydrogen-bond acceptors (Lipinski definition) is 6. The number of rotatable bonds is 8. The Kier molecular flexibility index (Phi) is 7.84. The number of carbonyl (C=O) groups excluding carboxylic acids is 1. The first-order valence-electron chi connectivity index (χ1n) is 11.3. The molecule has 2 aromatic carbocycles. The van der Waals surface area contributed by atoms with Gasteiger partial charge in [-0.1, -0.05) is 54.2 Å². The smallest absolute Gasteiger partial charge is 0.230 e. The second-order valence-corrected chi connectivity index (χ2v) is 9.35. The van der Waals surface area contributed by atoms with Gasteiger partial charge in [0.2, 0.25) is 5.91 Å². The minimum atomic E-state index is -0.0896. The number of thioether (sulfide) groups is 1. The highest BCUT2D eigenvalue weighted by atomic mass is 32.2. The molecule has 1 amide bonds. The largest absolute Gasteiger partial charge is 0.378 e. The van der Waals surface area contributed by atoms with Crippen molar-refractivity contribution in [2.24, 2.45) is 0 Å². The molecule has 34 heavy (non-hydrogen) atoms. The number of amides is 1. The molecule has 1 N–H and O–H groups in total. The first-order valence-corrected chi connectivity index (χ1v) is 12.3. The second-order valence-electron chi connectivity index (χ2n) is 8.38. The summed E-state index contributed by atoms with van der Waals surface area (Å²) in [5.41, 5.74) is 5.04. The predicted molar refractivity (Wildman–Crippen MR) is 137 cm³/mol. The highest BCUT2D eigenvalue weighted by Crippen LogP contribution is 2.34. The topological polar surface area (TPSA) is 78.2 Å². The van der Waals surface area contributed by atoms with Crippen molar-refractivity contribution < 1.29 is 9.53 Å². The molecule has 4 rings (SSSR count). The molecule has 7 heteroatoms. The Morgan fingerprint density at radius 2 is 1.94 bits per heavy atom. The summed E-state index contributed by atoms with van der Waals surface area (Å²) in [6.07, 6.45) is 2.11. The molecule has 0 bridgehead atoms. The molecule has 1 aliphatic heterocycles. The van der Waals surface area contributed by atoms with Crippen molar-refractivity contribution in [2.75, 3.05) is 37.9 Å². The Labute approximate surface area is 205 Å². The van der Waals surface area contributed by atoms with Gasteiger partial charge in [0, 0.05) is 44.1 Å². The fourth-order valence-corrected chi connectivity index (χ4v) is 4.71. The molecule has 0 spiro atoms. The van der Waals surface area contributed by atoms with Crippen molar-refractivity contribution in [3.05, 3.63) is 66.2 Å². The first kappa shape index (κ1) is 23.8. The zero-order valence-electron chi connectivity index (χ0n) is 19.5. The lowest BCUT2D eigenvalue weighted by Crippen LogP contribution is -2.32. The van der Waals surface area contributed by atoms with Crippen LogP contribution >= 0.6 is 11.8 Å². The summed E-state index contributed by atoms with van der Waals surface area (Å²) in [6.45, 7) is 1.28. The lowest BCUT2D eigenvalue weighted by Gasteiger charge is -2.15. The van der Waals surface area contributed by atoms with Crippen LogP contribution in [-0.2, 0) is 9.53 Å². The van der Waals surface area contributed by atoms with E-state index in [1.807, 2.05) is 79.7 Å². The number of hydrogen-bond donors (Lipinski definition) is 1. The van der Waals surface area contributed by atoms with E-state index in [-0.39, 0.29) is 17.8 Å². The van der Waals surface area contributed by atoms with Crippen LogP contribution in [0.15, 0.2) is 65.7 Å². The number of nitrogens with one attached hydrogen (secondary N) is 1. The quantitative estimate of drug-likeness (QED) is 0.477. The summed E-state index contributed by atoms with van der Waals surface area (Å²) in [6, 6.07) is 22.3. The van der Waals surface area contributed by atoms with Gasteiger partial charge in [-0.3, -0.25) is 4.79 Å². The molecule has 1 fully saturated rings. The maximum atomic E-state index is 12.5.